The quantitative estimate of drug-likeness (QED) is 0.257. The molecule has 2 aromatic carbocycles. The third-order valence-electron chi connectivity index (χ3n) is 7.54. The fourth-order valence-corrected chi connectivity index (χ4v) is 5.70. The molecule has 3 aromatic rings. The minimum absolute atomic E-state index is 0.137. The van der Waals surface area contributed by atoms with E-state index < -0.39 is 0 Å². The largest absolute Gasteiger partial charge is 0.385 e. The molecule has 10 heteroatoms. The number of nitrogens with two attached hydrogens (primary N) is 2. The van der Waals surface area contributed by atoms with Crippen LogP contribution >= 0.6 is 0 Å². The van der Waals surface area contributed by atoms with E-state index in [1.54, 1.807) is 19.2 Å². The maximum absolute atomic E-state index is 13.7. The van der Waals surface area contributed by atoms with Gasteiger partial charge in [0, 0.05) is 64.1 Å². The summed E-state index contributed by atoms with van der Waals surface area (Å²) < 4.78 is 7.61. The van der Waals surface area contributed by atoms with Crippen LogP contribution in [0.2, 0.25) is 0 Å². The number of amides is 1. The van der Waals surface area contributed by atoms with Crippen LogP contribution in [0, 0.1) is 5.92 Å². The molecule has 0 spiro atoms. The maximum atomic E-state index is 13.7. The summed E-state index contributed by atoms with van der Waals surface area (Å²) in [7, 11) is 1.73. The van der Waals surface area contributed by atoms with Gasteiger partial charge in [-0.15, -0.1) is 0 Å². The summed E-state index contributed by atoms with van der Waals surface area (Å²) in [5, 5.41) is 0. The minimum atomic E-state index is -0.248. The number of hydrogen-bond acceptors (Lipinski definition) is 8. The first-order valence-electron chi connectivity index (χ1n) is 13.0. The molecule has 2 aliphatic heterocycles. The number of piperidine rings is 1. The Morgan fingerprint density at radius 1 is 1.11 bits per heavy atom. The molecule has 0 radical (unpaired) electrons. The van der Waals surface area contributed by atoms with Crippen LogP contribution in [-0.2, 0) is 21.1 Å². The molecule has 2 saturated heterocycles. The molecule has 198 valence electrons. The van der Waals surface area contributed by atoms with Gasteiger partial charge >= 0.3 is 0 Å². The first kappa shape index (κ1) is 25.5. The molecule has 2 aliphatic rings. The van der Waals surface area contributed by atoms with E-state index >= 15 is 0 Å². The highest BCUT2D eigenvalue weighted by atomic mass is 17.3. The van der Waals surface area contributed by atoms with Crippen molar-refractivity contribution >= 4 is 22.6 Å². The number of carbonyl (C=O) groups excluding carboxylic acids is 1. The predicted octanol–water partition coefficient (Wildman–Crippen LogP) is 2.43. The molecule has 4 N–H and O–H groups in total. The third kappa shape index (κ3) is 5.42. The van der Waals surface area contributed by atoms with E-state index in [2.05, 4.69) is 32.7 Å². The summed E-state index contributed by atoms with van der Waals surface area (Å²) >= 11 is 0. The number of methoxy groups -OCH3 is 1. The summed E-state index contributed by atoms with van der Waals surface area (Å²) in [5.74, 6) is 6.62. The number of aromatic nitrogens is 2. The summed E-state index contributed by atoms with van der Waals surface area (Å²) in [4.78, 5) is 31.9. The van der Waals surface area contributed by atoms with E-state index in [1.807, 2.05) is 23.1 Å². The Bertz CT molecular complexity index is 1200. The van der Waals surface area contributed by atoms with Crippen molar-refractivity contribution in [3.05, 3.63) is 54.4 Å². The van der Waals surface area contributed by atoms with Gasteiger partial charge in [-0.05, 0) is 55.7 Å². The zero-order valence-corrected chi connectivity index (χ0v) is 21.3. The average molecular weight is 509 g/mol. The molecule has 0 saturated carbocycles. The number of imidazole rings is 1. The molecule has 0 aliphatic carbocycles. The van der Waals surface area contributed by atoms with Gasteiger partial charge in [-0.2, -0.15) is 5.90 Å². The number of nitrogens with zero attached hydrogens (tertiary/aromatic N) is 4. The number of likely N-dealkylation sites (tertiary alicyclic amines) is 1. The van der Waals surface area contributed by atoms with Crippen LogP contribution in [0.15, 0.2) is 48.5 Å². The molecule has 37 heavy (non-hydrogen) atoms. The van der Waals surface area contributed by atoms with Gasteiger partial charge in [-0.25, -0.2) is 4.98 Å². The van der Waals surface area contributed by atoms with Gasteiger partial charge < -0.3 is 29.7 Å². The van der Waals surface area contributed by atoms with E-state index in [0.717, 1.165) is 54.9 Å². The number of benzene rings is 2. The van der Waals surface area contributed by atoms with Gasteiger partial charge in [-0.1, -0.05) is 17.1 Å². The van der Waals surface area contributed by atoms with Crippen molar-refractivity contribution < 1.29 is 19.4 Å². The molecule has 2 fully saturated rings. The van der Waals surface area contributed by atoms with Crippen molar-refractivity contribution in [3.8, 4) is 5.75 Å². The standard InChI is InChI=1S/C27H36N6O4/c1-35-15-5-14-33-25-8-3-2-7-24(25)30-26(33)19-6-4-13-31(16-19)27(34)22-17-32(18-23(22)28)20-9-11-21(12-10-20)36-37-29/h2-3,7-12,19,22-23H,4-6,13-18,28-29H2,1H3/t19-,22-,23-/m1/s1. The number of para-hydroxylation sites is 2. The molecule has 3 heterocycles. The Kier molecular flexibility index (Phi) is 7.90. The van der Waals surface area contributed by atoms with Gasteiger partial charge in [0.15, 0.2) is 5.75 Å². The van der Waals surface area contributed by atoms with Crippen molar-refractivity contribution in [2.75, 3.05) is 44.8 Å². The molecular formula is C27H36N6O4. The second-order valence-electron chi connectivity index (χ2n) is 9.93. The zero-order chi connectivity index (χ0) is 25.8. The van der Waals surface area contributed by atoms with Gasteiger partial charge in [-0.3, -0.25) is 4.79 Å². The lowest BCUT2D eigenvalue weighted by Crippen LogP contribution is -2.47. The van der Waals surface area contributed by atoms with Crippen LogP contribution in [0.4, 0.5) is 5.69 Å². The highest BCUT2D eigenvalue weighted by Crippen LogP contribution is 2.32. The number of anilines is 1. The van der Waals surface area contributed by atoms with Crippen molar-refractivity contribution in [3.63, 3.8) is 0 Å². The van der Waals surface area contributed by atoms with E-state index in [9.17, 15) is 4.79 Å². The van der Waals surface area contributed by atoms with Gasteiger partial charge in [0.2, 0.25) is 5.91 Å². The van der Waals surface area contributed by atoms with Crippen molar-refractivity contribution in [2.24, 2.45) is 17.5 Å². The minimum Gasteiger partial charge on any atom is -0.385 e. The van der Waals surface area contributed by atoms with Crippen molar-refractivity contribution in [1.29, 1.82) is 0 Å². The lowest BCUT2D eigenvalue weighted by molar-refractivity contribution is -0.211. The summed E-state index contributed by atoms with van der Waals surface area (Å²) in [6, 6.07) is 15.4. The van der Waals surface area contributed by atoms with Gasteiger partial charge in [0.05, 0.1) is 17.0 Å². The molecule has 10 nitrogen and oxygen atoms in total. The van der Waals surface area contributed by atoms with E-state index in [-0.39, 0.29) is 23.8 Å². The summed E-state index contributed by atoms with van der Waals surface area (Å²) in [6.07, 6.45) is 2.88. The molecule has 5 rings (SSSR count). The van der Waals surface area contributed by atoms with Crippen LogP contribution in [-0.4, -0.2) is 66.3 Å². The van der Waals surface area contributed by atoms with Crippen molar-refractivity contribution in [2.45, 2.75) is 37.8 Å². The van der Waals surface area contributed by atoms with E-state index in [4.69, 9.17) is 26.2 Å². The van der Waals surface area contributed by atoms with Crippen LogP contribution in [0.1, 0.15) is 31.0 Å². The summed E-state index contributed by atoms with van der Waals surface area (Å²) in [6.45, 7) is 4.18. The second-order valence-corrected chi connectivity index (χ2v) is 9.93. The normalized spacial score (nSPS) is 22.1. The highest BCUT2D eigenvalue weighted by molar-refractivity contribution is 5.81. The highest BCUT2D eigenvalue weighted by Gasteiger charge is 2.39. The molecule has 1 aromatic heterocycles. The molecular weight excluding hydrogens is 472 g/mol. The van der Waals surface area contributed by atoms with Gasteiger partial charge in [0.25, 0.3) is 0 Å². The fraction of sp³-hybridized carbons (Fsp3) is 0.481. The molecule has 3 atom stereocenters. The lowest BCUT2D eigenvalue weighted by Gasteiger charge is -2.35. The third-order valence-corrected chi connectivity index (χ3v) is 7.54. The Labute approximate surface area is 216 Å². The number of fused-ring (bicyclic) bond motifs is 1. The number of ether oxygens (including phenoxy) is 1. The monoisotopic (exact) mass is 508 g/mol. The fourth-order valence-electron chi connectivity index (χ4n) is 5.70. The Morgan fingerprint density at radius 2 is 1.92 bits per heavy atom. The first-order chi connectivity index (χ1) is 18.1. The Morgan fingerprint density at radius 3 is 2.70 bits per heavy atom. The number of hydrogen-bond donors (Lipinski definition) is 2. The van der Waals surface area contributed by atoms with Crippen LogP contribution in [0.5, 0.6) is 5.75 Å². The van der Waals surface area contributed by atoms with E-state index in [1.165, 1.54) is 0 Å². The number of rotatable bonds is 9. The second kappa shape index (κ2) is 11.5. The zero-order valence-electron chi connectivity index (χ0n) is 21.3. The number of aryl methyl sites for hydroxylation is 1. The van der Waals surface area contributed by atoms with Crippen LogP contribution in [0.3, 0.4) is 0 Å². The number of carbonyl (C=O) groups is 1. The lowest BCUT2D eigenvalue weighted by atomic mass is 9.94. The molecule has 0 bridgehead atoms. The van der Waals surface area contributed by atoms with Gasteiger partial charge in [0.1, 0.15) is 5.82 Å². The van der Waals surface area contributed by atoms with Crippen molar-refractivity contribution in [1.82, 2.24) is 14.5 Å². The average Bonchev–Trinajstić information content (AvgIpc) is 3.50. The predicted molar refractivity (Wildman–Crippen MR) is 141 cm³/mol. The summed E-state index contributed by atoms with van der Waals surface area (Å²) in [5.41, 5.74) is 9.62. The maximum Gasteiger partial charge on any atom is 0.229 e. The van der Waals surface area contributed by atoms with Crippen LogP contribution < -0.4 is 21.4 Å². The Hall–Kier alpha value is -3.18. The van der Waals surface area contributed by atoms with Crippen LogP contribution in [0.25, 0.3) is 11.0 Å². The smallest absolute Gasteiger partial charge is 0.229 e. The molecule has 0 unspecified atom stereocenters. The molecule has 1 amide bonds. The SMILES string of the molecule is COCCCn1c([C@@H]2CCCN(C(=O)[C@@H]3CN(c4ccc(OON)cc4)C[C@H]3N)C2)nc2ccccc21. The Balaban J connectivity index is 1.29. The first-order valence-corrected chi connectivity index (χ1v) is 13.0. The topological polar surface area (TPSA) is 121 Å². The van der Waals surface area contributed by atoms with E-state index in [0.29, 0.717) is 32.0 Å².